The second kappa shape index (κ2) is 8.50. The van der Waals surface area contributed by atoms with E-state index in [1.807, 2.05) is 17.5 Å². The second-order valence-corrected chi connectivity index (χ2v) is 7.84. The van der Waals surface area contributed by atoms with Crippen molar-refractivity contribution < 1.29 is 14.7 Å². The zero-order chi connectivity index (χ0) is 20.1. The summed E-state index contributed by atoms with van der Waals surface area (Å²) < 4.78 is 0. The van der Waals surface area contributed by atoms with Gasteiger partial charge in [-0.25, -0.2) is 4.98 Å². The predicted octanol–water partition coefficient (Wildman–Crippen LogP) is 3.91. The van der Waals surface area contributed by atoms with Crippen molar-refractivity contribution in [1.29, 1.82) is 0 Å². The maximum absolute atomic E-state index is 12.4. The Morgan fingerprint density at radius 2 is 1.86 bits per heavy atom. The van der Waals surface area contributed by atoms with Gasteiger partial charge in [0.15, 0.2) is 0 Å². The van der Waals surface area contributed by atoms with Crippen LogP contribution in [0.25, 0.3) is 11.3 Å². The van der Waals surface area contributed by atoms with Gasteiger partial charge < -0.3 is 10.4 Å². The lowest BCUT2D eigenvalue weighted by molar-refractivity contribution is -0.145. The Balaban J connectivity index is 1.65. The molecule has 1 amide bonds. The van der Waals surface area contributed by atoms with E-state index < -0.39 is 11.4 Å². The van der Waals surface area contributed by atoms with Gasteiger partial charge >= 0.3 is 5.97 Å². The Morgan fingerprint density at radius 3 is 2.50 bits per heavy atom. The summed E-state index contributed by atoms with van der Waals surface area (Å²) in [6, 6.07) is 10.2. The Labute approximate surface area is 171 Å². The lowest BCUT2D eigenvalue weighted by Gasteiger charge is -2.24. The van der Waals surface area contributed by atoms with E-state index in [0.717, 1.165) is 16.3 Å². The first-order valence-electron chi connectivity index (χ1n) is 8.49. The molecule has 3 rings (SSSR count). The molecule has 1 atom stereocenters. The molecule has 0 saturated heterocycles. The van der Waals surface area contributed by atoms with Crippen molar-refractivity contribution in [3.8, 4) is 11.3 Å². The van der Waals surface area contributed by atoms with Crippen LogP contribution in [0, 0.1) is 0 Å². The molecule has 0 bridgehead atoms. The molecule has 0 radical (unpaired) electrons. The molecule has 0 spiro atoms. The van der Waals surface area contributed by atoms with E-state index in [2.05, 4.69) is 15.3 Å². The Kier molecular flexibility index (Phi) is 6.06. The van der Waals surface area contributed by atoms with E-state index in [9.17, 15) is 14.7 Å². The van der Waals surface area contributed by atoms with E-state index in [1.165, 1.54) is 18.3 Å². The average molecular weight is 416 g/mol. The fraction of sp³-hybridized carbons (Fsp3) is 0.200. The number of aliphatic carboxylic acids is 1. The van der Waals surface area contributed by atoms with Crippen LogP contribution in [0.3, 0.4) is 0 Å². The van der Waals surface area contributed by atoms with Gasteiger partial charge in [0.1, 0.15) is 5.01 Å². The van der Waals surface area contributed by atoms with Crippen molar-refractivity contribution in [1.82, 2.24) is 15.3 Å². The quantitative estimate of drug-likeness (QED) is 0.610. The van der Waals surface area contributed by atoms with Gasteiger partial charge in [-0.15, -0.1) is 11.3 Å². The number of amides is 1. The molecule has 6 nitrogen and oxygen atoms in total. The number of nitrogens with one attached hydrogen (secondary N) is 1. The van der Waals surface area contributed by atoms with Crippen LogP contribution in [0.15, 0.2) is 54.2 Å². The highest BCUT2D eigenvalue weighted by Gasteiger charge is 2.37. The van der Waals surface area contributed by atoms with Gasteiger partial charge in [-0.2, -0.15) is 0 Å². The predicted molar refractivity (Wildman–Crippen MR) is 108 cm³/mol. The molecule has 0 fully saturated rings. The first-order valence-corrected chi connectivity index (χ1v) is 9.75. The number of halogens is 1. The van der Waals surface area contributed by atoms with Crippen molar-refractivity contribution in [2.24, 2.45) is 0 Å². The highest BCUT2D eigenvalue weighted by Crippen LogP contribution is 2.29. The van der Waals surface area contributed by atoms with Crippen LogP contribution in [0.2, 0.25) is 5.02 Å². The number of aromatic nitrogens is 2. The number of hydrogen-bond donors (Lipinski definition) is 2. The maximum atomic E-state index is 12.4. The first-order chi connectivity index (χ1) is 13.4. The number of carboxylic acids is 1. The van der Waals surface area contributed by atoms with E-state index in [-0.39, 0.29) is 18.9 Å². The Bertz CT molecular complexity index is 976. The van der Waals surface area contributed by atoms with Crippen molar-refractivity contribution >= 4 is 34.8 Å². The first kappa shape index (κ1) is 20.0. The van der Waals surface area contributed by atoms with Crippen LogP contribution in [0.4, 0.5) is 0 Å². The molecule has 28 heavy (non-hydrogen) atoms. The number of hydrogen-bond acceptors (Lipinski definition) is 5. The highest BCUT2D eigenvalue weighted by molar-refractivity contribution is 7.09. The second-order valence-electron chi connectivity index (χ2n) is 6.46. The fourth-order valence-electron chi connectivity index (χ4n) is 2.72. The number of pyridine rings is 1. The standard InChI is InChI=1S/C20H18ClN3O3S/c1-20(19(26)27,14-2-4-15(21)5-3-14)10-17(25)23-11-18-24-16(12-28-18)13-6-8-22-9-7-13/h2-9,12H,10-11H2,1H3,(H,23,25)(H,26,27). The van der Waals surface area contributed by atoms with Gasteiger partial charge in [0, 0.05) is 34.8 Å². The van der Waals surface area contributed by atoms with Crippen LogP contribution < -0.4 is 5.32 Å². The molecule has 2 heterocycles. The van der Waals surface area contributed by atoms with E-state index in [1.54, 1.807) is 36.7 Å². The number of nitrogens with zero attached hydrogens (tertiary/aromatic N) is 2. The minimum atomic E-state index is -1.35. The SMILES string of the molecule is CC(CC(=O)NCc1nc(-c2ccncc2)cs1)(C(=O)O)c1ccc(Cl)cc1. The van der Waals surface area contributed by atoms with Crippen LogP contribution in [0.5, 0.6) is 0 Å². The third-order valence-electron chi connectivity index (χ3n) is 4.43. The van der Waals surface area contributed by atoms with Crippen molar-refractivity contribution in [3.05, 3.63) is 69.8 Å². The molecule has 8 heteroatoms. The molecule has 1 aromatic carbocycles. The number of carbonyl (C=O) groups excluding carboxylic acids is 1. The van der Waals surface area contributed by atoms with E-state index in [0.29, 0.717) is 10.6 Å². The molecular formula is C20H18ClN3O3S. The summed E-state index contributed by atoms with van der Waals surface area (Å²) >= 11 is 7.31. The smallest absolute Gasteiger partial charge is 0.314 e. The monoisotopic (exact) mass is 415 g/mol. The van der Waals surface area contributed by atoms with Gasteiger partial charge in [0.25, 0.3) is 0 Å². The van der Waals surface area contributed by atoms with Crippen molar-refractivity contribution in [2.45, 2.75) is 25.3 Å². The fourth-order valence-corrected chi connectivity index (χ4v) is 3.59. The lowest BCUT2D eigenvalue weighted by atomic mass is 9.79. The molecule has 0 aliphatic rings. The van der Waals surface area contributed by atoms with E-state index >= 15 is 0 Å². The zero-order valence-corrected chi connectivity index (χ0v) is 16.6. The summed E-state index contributed by atoms with van der Waals surface area (Å²) in [5, 5.41) is 15.6. The minimum Gasteiger partial charge on any atom is -0.481 e. The molecule has 3 aromatic rings. The summed E-state index contributed by atoms with van der Waals surface area (Å²) in [5.74, 6) is -1.43. The Hall–Kier alpha value is -2.77. The third kappa shape index (κ3) is 4.55. The number of benzene rings is 1. The average Bonchev–Trinajstić information content (AvgIpc) is 3.16. The number of carbonyl (C=O) groups is 2. The largest absolute Gasteiger partial charge is 0.481 e. The molecule has 2 aromatic heterocycles. The molecule has 2 N–H and O–H groups in total. The molecule has 144 valence electrons. The molecule has 0 saturated carbocycles. The lowest BCUT2D eigenvalue weighted by Crippen LogP contribution is -2.38. The van der Waals surface area contributed by atoms with Gasteiger partial charge in [0.05, 0.1) is 17.7 Å². The van der Waals surface area contributed by atoms with Crippen molar-refractivity contribution in [2.75, 3.05) is 0 Å². The van der Waals surface area contributed by atoms with Crippen LogP contribution in [-0.4, -0.2) is 27.0 Å². The van der Waals surface area contributed by atoms with Gasteiger partial charge in [-0.3, -0.25) is 14.6 Å². The topological polar surface area (TPSA) is 92.2 Å². The molecule has 1 unspecified atom stereocenters. The Morgan fingerprint density at radius 1 is 1.18 bits per heavy atom. The highest BCUT2D eigenvalue weighted by atomic mass is 35.5. The number of carboxylic acid groups (broad SMARTS) is 1. The van der Waals surface area contributed by atoms with Crippen LogP contribution in [-0.2, 0) is 21.5 Å². The molecule has 0 aliphatic heterocycles. The summed E-state index contributed by atoms with van der Waals surface area (Å²) in [4.78, 5) is 32.7. The zero-order valence-electron chi connectivity index (χ0n) is 15.1. The number of thiazole rings is 1. The van der Waals surface area contributed by atoms with Gasteiger partial charge in [0.2, 0.25) is 5.91 Å². The van der Waals surface area contributed by atoms with Crippen molar-refractivity contribution in [3.63, 3.8) is 0 Å². The van der Waals surface area contributed by atoms with Crippen LogP contribution in [0.1, 0.15) is 23.9 Å². The number of rotatable bonds is 7. The summed E-state index contributed by atoms with van der Waals surface area (Å²) in [6.45, 7) is 1.77. The van der Waals surface area contributed by atoms with Crippen LogP contribution >= 0.6 is 22.9 Å². The summed E-state index contributed by atoms with van der Waals surface area (Å²) in [6.07, 6.45) is 3.20. The third-order valence-corrected chi connectivity index (χ3v) is 5.53. The molecular weight excluding hydrogens is 398 g/mol. The summed E-state index contributed by atoms with van der Waals surface area (Å²) in [5.41, 5.74) is 0.937. The normalized spacial score (nSPS) is 12.9. The maximum Gasteiger partial charge on any atom is 0.314 e. The van der Waals surface area contributed by atoms with E-state index in [4.69, 9.17) is 11.6 Å². The summed E-state index contributed by atoms with van der Waals surface area (Å²) in [7, 11) is 0. The van der Waals surface area contributed by atoms with Gasteiger partial charge in [-0.05, 0) is 36.8 Å². The van der Waals surface area contributed by atoms with Gasteiger partial charge in [-0.1, -0.05) is 23.7 Å². The minimum absolute atomic E-state index is 0.188. The molecule has 0 aliphatic carbocycles.